The molecule has 0 unspecified atom stereocenters. The van der Waals surface area contributed by atoms with Gasteiger partial charge in [0.1, 0.15) is 5.76 Å². The average Bonchev–Trinajstić information content (AvgIpc) is 2.89. The van der Waals surface area contributed by atoms with Crippen LogP contribution in [0.2, 0.25) is 0 Å². The Labute approximate surface area is 95.3 Å². The molecule has 2 rings (SSSR count). The number of nitrogens with one attached hydrogen (secondary N) is 2. The molecule has 0 radical (unpaired) electrons. The molecule has 16 heavy (non-hydrogen) atoms. The number of rotatable bonds is 6. The van der Waals surface area contributed by atoms with Gasteiger partial charge in [0, 0.05) is 6.04 Å². The SMILES string of the molecule is CCNCc1ccc(S(=O)(=O)NC2CC2)o1. The van der Waals surface area contributed by atoms with E-state index in [0.29, 0.717) is 12.3 Å². The predicted octanol–water partition coefficient (Wildman–Crippen LogP) is 0.830. The highest BCUT2D eigenvalue weighted by Crippen LogP contribution is 2.22. The molecular formula is C10H16N2O3S. The summed E-state index contributed by atoms with van der Waals surface area (Å²) in [5.74, 6) is 0.637. The fraction of sp³-hybridized carbons (Fsp3) is 0.600. The highest BCUT2D eigenvalue weighted by Gasteiger charge is 2.29. The first-order chi connectivity index (χ1) is 7.62. The van der Waals surface area contributed by atoms with Crippen molar-refractivity contribution >= 4 is 10.0 Å². The minimum Gasteiger partial charge on any atom is -0.447 e. The summed E-state index contributed by atoms with van der Waals surface area (Å²) in [6.07, 6.45) is 1.84. The standard InChI is InChI=1S/C10H16N2O3S/c1-2-11-7-9-5-6-10(15-9)16(13,14)12-8-3-4-8/h5-6,8,11-12H,2-4,7H2,1H3. The fourth-order valence-electron chi connectivity index (χ4n) is 1.32. The number of sulfonamides is 1. The Morgan fingerprint density at radius 1 is 1.44 bits per heavy atom. The molecule has 6 heteroatoms. The Hall–Kier alpha value is -0.850. The van der Waals surface area contributed by atoms with E-state index < -0.39 is 10.0 Å². The largest absolute Gasteiger partial charge is 0.447 e. The summed E-state index contributed by atoms with van der Waals surface area (Å²) in [6, 6.07) is 3.29. The van der Waals surface area contributed by atoms with Crippen LogP contribution in [0.4, 0.5) is 0 Å². The zero-order valence-electron chi connectivity index (χ0n) is 9.19. The lowest BCUT2D eigenvalue weighted by Crippen LogP contribution is -2.25. The van der Waals surface area contributed by atoms with Crippen molar-refractivity contribution in [3.8, 4) is 0 Å². The van der Waals surface area contributed by atoms with Gasteiger partial charge in [0.25, 0.3) is 10.0 Å². The number of hydrogen-bond acceptors (Lipinski definition) is 4. The lowest BCUT2D eigenvalue weighted by molar-refractivity contribution is 0.401. The first-order valence-electron chi connectivity index (χ1n) is 5.43. The van der Waals surface area contributed by atoms with Crippen molar-refractivity contribution < 1.29 is 12.8 Å². The van der Waals surface area contributed by atoms with E-state index in [9.17, 15) is 8.42 Å². The van der Waals surface area contributed by atoms with Crippen LogP contribution in [0.3, 0.4) is 0 Å². The van der Waals surface area contributed by atoms with E-state index in [1.54, 1.807) is 6.07 Å². The normalized spacial score (nSPS) is 16.6. The Morgan fingerprint density at radius 3 is 2.81 bits per heavy atom. The van der Waals surface area contributed by atoms with Crippen LogP contribution >= 0.6 is 0 Å². The second kappa shape index (κ2) is 4.57. The number of hydrogen-bond donors (Lipinski definition) is 2. The molecule has 1 heterocycles. The lowest BCUT2D eigenvalue weighted by Gasteiger charge is -2.01. The minimum absolute atomic E-state index is 0.00676. The first kappa shape index (κ1) is 11.6. The van der Waals surface area contributed by atoms with Crippen LogP contribution in [0.25, 0.3) is 0 Å². The quantitative estimate of drug-likeness (QED) is 0.777. The van der Waals surface area contributed by atoms with Gasteiger partial charge >= 0.3 is 0 Å². The van der Waals surface area contributed by atoms with E-state index in [1.807, 2.05) is 6.92 Å². The van der Waals surface area contributed by atoms with Gasteiger partial charge in [0.15, 0.2) is 0 Å². The van der Waals surface area contributed by atoms with Crippen molar-refractivity contribution in [1.82, 2.24) is 10.0 Å². The molecular weight excluding hydrogens is 228 g/mol. The van der Waals surface area contributed by atoms with Crippen molar-refractivity contribution in [3.63, 3.8) is 0 Å². The van der Waals surface area contributed by atoms with Gasteiger partial charge in [-0.15, -0.1) is 0 Å². The summed E-state index contributed by atoms with van der Waals surface area (Å²) in [5.41, 5.74) is 0. The molecule has 1 aromatic heterocycles. The average molecular weight is 244 g/mol. The highest BCUT2D eigenvalue weighted by atomic mass is 32.2. The van der Waals surface area contributed by atoms with Crippen molar-refractivity contribution in [2.24, 2.45) is 0 Å². The Kier molecular flexibility index (Phi) is 3.32. The molecule has 1 fully saturated rings. The Morgan fingerprint density at radius 2 is 2.19 bits per heavy atom. The predicted molar refractivity (Wildman–Crippen MR) is 59.4 cm³/mol. The molecule has 1 saturated carbocycles. The summed E-state index contributed by atoms with van der Waals surface area (Å²) in [6.45, 7) is 3.35. The highest BCUT2D eigenvalue weighted by molar-refractivity contribution is 7.89. The molecule has 1 aromatic rings. The van der Waals surface area contributed by atoms with E-state index in [1.165, 1.54) is 6.07 Å². The molecule has 0 atom stereocenters. The van der Waals surface area contributed by atoms with Crippen LogP contribution in [0.1, 0.15) is 25.5 Å². The molecule has 0 spiro atoms. The van der Waals surface area contributed by atoms with Gasteiger partial charge in [-0.3, -0.25) is 0 Å². The summed E-state index contributed by atoms with van der Waals surface area (Å²) in [5, 5.41) is 3.08. The van der Waals surface area contributed by atoms with Gasteiger partial charge in [-0.2, -0.15) is 0 Å². The van der Waals surface area contributed by atoms with Gasteiger partial charge in [-0.25, -0.2) is 13.1 Å². The van der Waals surface area contributed by atoms with Crippen molar-refractivity contribution in [2.45, 2.75) is 37.4 Å². The van der Waals surface area contributed by atoms with Crippen molar-refractivity contribution in [2.75, 3.05) is 6.54 Å². The lowest BCUT2D eigenvalue weighted by atomic mass is 10.4. The van der Waals surface area contributed by atoms with Crippen LogP contribution in [0.5, 0.6) is 0 Å². The van der Waals surface area contributed by atoms with Gasteiger partial charge in [-0.05, 0) is 31.5 Å². The fourth-order valence-corrected chi connectivity index (χ4v) is 2.58. The van der Waals surface area contributed by atoms with Gasteiger partial charge in [0.05, 0.1) is 6.54 Å². The smallest absolute Gasteiger partial charge is 0.274 e. The van der Waals surface area contributed by atoms with Gasteiger partial charge < -0.3 is 9.73 Å². The molecule has 1 aliphatic rings. The van der Waals surface area contributed by atoms with E-state index in [-0.39, 0.29) is 11.1 Å². The Bertz CT molecular complexity index is 448. The topological polar surface area (TPSA) is 71.3 Å². The third-order valence-corrected chi connectivity index (χ3v) is 3.74. The van der Waals surface area contributed by atoms with Gasteiger partial charge in [0.2, 0.25) is 5.09 Å². The molecule has 0 saturated heterocycles. The van der Waals surface area contributed by atoms with Crippen LogP contribution in [-0.4, -0.2) is 21.0 Å². The molecule has 90 valence electrons. The Balaban J connectivity index is 2.04. The molecule has 2 N–H and O–H groups in total. The number of furan rings is 1. The van der Waals surface area contributed by atoms with Crippen molar-refractivity contribution in [1.29, 1.82) is 0 Å². The second-order valence-corrected chi connectivity index (χ2v) is 5.54. The van der Waals surface area contributed by atoms with Crippen LogP contribution in [0.15, 0.2) is 21.6 Å². The second-order valence-electron chi connectivity index (χ2n) is 3.90. The molecule has 0 bridgehead atoms. The zero-order chi connectivity index (χ0) is 11.6. The molecule has 1 aliphatic carbocycles. The van der Waals surface area contributed by atoms with Crippen molar-refractivity contribution in [3.05, 3.63) is 17.9 Å². The monoisotopic (exact) mass is 244 g/mol. The van der Waals surface area contributed by atoms with Gasteiger partial charge in [-0.1, -0.05) is 6.92 Å². The molecule has 0 amide bonds. The molecule has 0 aliphatic heterocycles. The van der Waals surface area contributed by atoms with Crippen LogP contribution in [-0.2, 0) is 16.6 Å². The van der Waals surface area contributed by atoms with Crippen LogP contribution < -0.4 is 10.0 Å². The maximum absolute atomic E-state index is 11.7. The maximum Gasteiger partial charge on any atom is 0.274 e. The molecule has 5 nitrogen and oxygen atoms in total. The summed E-state index contributed by atoms with van der Waals surface area (Å²) >= 11 is 0. The van der Waals surface area contributed by atoms with E-state index in [4.69, 9.17) is 4.42 Å². The molecule has 0 aromatic carbocycles. The summed E-state index contributed by atoms with van der Waals surface area (Å²) < 4.78 is 31.3. The van der Waals surface area contributed by atoms with E-state index in [2.05, 4.69) is 10.0 Å². The summed E-state index contributed by atoms with van der Waals surface area (Å²) in [4.78, 5) is 0. The van der Waals surface area contributed by atoms with Crippen LogP contribution in [0, 0.1) is 0 Å². The third kappa shape index (κ3) is 2.84. The minimum atomic E-state index is -3.45. The van der Waals surface area contributed by atoms with E-state index in [0.717, 1.165) is 19.4 Å². The maximum atomic E-state index is 11.7. The third-order valence-electron chi connectivity index (χ3n) is 2.35. The first-order valence-corrected chi connectivity index (χ1v) is 6.92. The zero-order valence-corrected chi connectivity index (χ0v) is 10.0. The van der Waals surface area contributed by atoms with E-state index >= 15 is 0 Å². The summed E-state index contributed by atoms with van der Waals surface area (Å²) in [7, 11) is -3.45.